The van der Waals surface area contributed by atoms with E-state index in [0.717, 1.165) is 0 Å². The first kappa shape index (κ1) is 17.0. The van der Waals surface area contributed by atoms with Crippen LogP contribution in [0, 0.1) is 0 Å². The second-order valence-electron chi connectivity index (χ2n) is 6.53. The van der Waals surface area contributed by atoms with Crippen LogP contribution in [-0.2, 0) is 4.74 Å². The van der Waals surface area contributed by atoms with Crippen LogP contribution in [0.3, 0.4) is 0 Å². The van der Waals surface area contributed by atoms with Gasteiger partial charge < -0.3 is 4.74 Å². The Bertz CT molecular complexity index is 229. The summed E-state index contributed by atoms with van der Waals surface area (Å²) in [6, 6.07) is 0. The Morgan fingerprint density at radius 3 is 1.74 bits per heavy atom. The van der Waals surface area contributed by atoms with Gasteiger partial charge in [0.25, 0.3) is 0 Å². The fourth-order valence-electron chi connectivity index (χ4n) is 2.79. The van der Waals surface area contributed by atoms with Crippen LogP contribution in [-0.4, -0.2) is 30.8 Å². The fourth-order valence-corrected chi connectivity index (χ4v) is 2.79. The molecular formula is C17H35NO. The summed E-state index contributed by atoms with van der Waals surface area (Å²) < 4.78 is 5.77. The van der Waals surface area contributed by atoms with Gasteiger partial charge in [-0.3, -0.25) is 4.90 Å². The quantitative estimate of drug-likeness (QED) is 0.367. The second-order valence-corrected chi connectivity index (χ2v) is 6.53. The molecule has 19 heavy (non-hydrogen) atoms. The summed E-state index contributed by atoms with van der Waals surface area (Å²) in [5.74, 6) is 0. The van der Waals surface area contributed by atoms with Gasteiger partial charge in [0.2, 0.25) is 0 Å². The van der Waals surface area contributed by atoms with E-state index in [-0.39, 0.29) is 5.72 Å². The van der Waals surface area contributed by atoms with Gasteiger partial charge in [0.15, 0.2) is 0 Å². The van der Waals surface area contributed by atoms with Crippen molar-refractivity contribution in [3.05, 3.63) is 0 Å². The van der Waals surface area contributed by atoms with Crippen LogP contribution in [0.15, 0.2) is 0 Å². The van der Waals surface area contributed by atoms with Crippen molar-refractivity contribution in [1.82, 2.24) is 4.90 Å². The molecule has 2 nitrogen and oxygen atoms in total. The molecule has 0 aromatic rings. The monoisotopic (exact) mass is 269 g/mol. The average molecular weight is 269 g/mol. The predicted molar refractivity (Wildman–Crippen MR) is 83.4 cm³/mol. The summed E-state index contributed by atoms with van der Waals surface area (Å²) in [7, 11) is 4.22. The van der Waals surface area contributed by atoms with E-state index in [1.165, 1.54) is 70.6 Å². The molecule has 2 unspecified atom stereocenters. The van der Waals surface area contributed by atoms with Crippen molar-refractivity contribution in [3.63, 3.8) is 0 Å². The lowest BCUT2D eigenvalue weighted by Gasteiger charge is -2.15. The van der Waals surface area contributed by atoms with Gasteiger partial charge in [-0.2, -0.15) is 0 Å². The van der Waals surface area contributed by atoms with Crippen molar-refractivity contribution < 1.29 is 4.74 Å². The van der Waals surface area contributed by atoms with Crippen LogP contribution in [0.1, 0.15) is 84.5 Å². The lowest BCUT2D eigenvalue weighted by atomic mass is 10.0. The van der Waals surface area contributed by atoms with E-state index in [1.54, 1.807) is 0 Å². The molecule has 0 spiro atoms. The second kappa shape index (κ2) is 8.97. The van der Waals surface area contributed by atoms with Crippen LogP contribution >= 0.6 is 0 Å². The molecule has 1 aliphatic heterocycles. The first-order valence-corrected chi connectivity index (χ1v) is 8.46. The number of rotatable bonds is 12. The standard InChI is InChI=1S/C17H35NO/c1-5-6-7-8-9-10-11-12-13-14-15-16-17(2,19-16)18(3)4/h16H,5-15H2,1-4H3. The molecule has 0 aromatic heterocycles. The van der Waals surface area contributed by atoms with Crippen molar-refractivity contribution in [2.45, 2.75) is 96.3 Å². The number of hydrogen-bond donors (Lipinski definition) is 0. The maximum Gasteiger partial charge on any atom is 0.145 e. The number of epoxide rings is 1. The lowest BCUT2D eigenvalue weighted by Crippen LogP contribution is -2.30. The molecule has 1 heterocycles. The number of ether oxygens (including phenoxy) is 1. The molecule has 114 valence electrons. The van der Waals surface area contributed by atoms with Gasteiger partial charge in [-0.05, 0) is 27.4 Å². The molecule has 0 N–H and O–H groups in total. The minimum atomic E-state index is 0.0410. The molecule has 1 saturated heterocycles. The van der Waals surface area contributed by atoms with Crippen LogP contribution in [0.5, 0.6) is 0 Å². The van der Waals surface area contributed by atoms with E-state index >= 15 is 0 Å². The highest BCUT2D eigenvalue weighted by atomic mass is 16.6. The van der Waals surface area contributed by atoms with Crippen molar-refractivity contribution >= 4 is 0 Å². The molecule has 1 rings (SSSR count). The van der Waals surface area contributed by atoms with E-state index in [4.69, 9.17) is 4.74 Å². The zero-order chi connectivity index (χ0) is 14.1. The number of nitrogens with zero attached hydrogens (tertiary/aromatic N) is 1. The van der Waals surface area contributed by atoms with Crippen molar-refractivity contribution in [3.8, 4) is 0 Å². The molecule has 0 amide bonds. The van der Waals surface area contributed by atoms with Gasteiger partial charge in [-0.15, -0.1) is 0 Å². The molecular weight excluding hydrogens is 234 g/mol. The van der Waals surface area contributed by atoms with Crippen LogP contribution in [0.2, 0.25) is 0 Å². The number of unbranched alkanes of at least 4 members (excludes halogenated alkanes) is 9. The molecule has 1 fully saturated rings. The Morgan fingerprint density at radius 2 is 1.32 bits per heavy atom. The van der Waals surface area contributed by atoms with E-state index < -0.39 is 0 Å². The normalized spacial score (nSPS) is 26.1. The van der Waals surface area contributed by atoms with Crippen molar-refractivity contribution in [2.75, 3.05) is 14.1 Å². The SMILES string of the molecule is CCCCCCCCCCCCC1OC1(C)N(C)C. The molecule has 0 aromatic carbocycles. The highest BCUT2D eigenvalue weighted by molar-refractivity contribution is 4.95. The summed E-state index contributed by atoms with van der Waals surface area (Å²) in [4.78, 5) is 2.20. The lowest BCUT2D eigenvalue weighted by molar-refractivity contribution is 0.150. The number of likely N-dealkylation sites (N-methyl/N-ethyl adjacent to an activating group) is 1. The molecule has 0 bridgehead atoms. The topological polar surface area (TPSA) is 15.8 Å². The smallest absolute Gasteiger partial charge is 0.145 e. The Kier molecular flexibility index (Phi) is 8.01. The van der Waals surface area contributed by atoms with Crippen LogP contribution < -0.4 is 0 Å². The number of hydrogen-bond acceptors (Lipinski definition) is 2. The fraction of sp³-hybridized carbons (Fsp3) is 1.00. The summed E-state index contributed by atoms with van der Waals surface area (Å²) in [5, 5.41) is 0. The first-order chi connectivity index (χ1) is 9.11. The van der Waals surface area contributed by atoms with Crippen molar-refractivity contribution in [1.29, 1.82) is 0 Å². The van der Waals surface area contributed by atoms with Crippen molar-refractivity contribution in [2.24, 2.45) is 0 Å². The highest BCUT2D eigenvalue weighted by Gasteiger charge is 2.53. The van der Waals surface area contributed by atoms with E-state index in [9.17, 15) is 0 Å². The minimum absolute atomic E-state index is 0.0410. The first-order valence-electron chi connectivity index (χ1n) is 8.46. The molecule has 0 aliphatic carbocycles. The van der Waals surface area contributed by atoms with Gasteiger partial charge in [0, 0.05) is 0 Å². The summed E-state index contributed by atoms with van der Waals surface area (Å²) >= 11 is 0. The Balaban J connectivity index is 1.80. The predicted octanol–water partition coefficient (Wildman–Crippen LogP) is 4.97. The maximum atomic E-state index is 5.77. The largest absolute Gasteiger partial charge is 0.350 e. The summed E-state index contributed by atoms with van der Waals surface area (Å²) in [6.45, 7) is 4.48. The molecule has 0 radical (unpaired) electrons. The third-order valence-electron chi connectivity index (χ3n) is 4.63. The maximum absolute atomic E-state index is 5.77. The zero-order valence-electron chi connectivity index (χ0n) is 13.7. The van der Waals surface area contributed by atoms with Gasteiger partial charge >= 0.3 is 0 Å². The van der Waals surface area contributed by atoms with E-state index in [2.05, 4.69) is 32.8 Å². The Morgan fingerprint density at radius 1 is 0.842 bits per heavy atom. The van der Waals surface area contributed by atoms with E-state index in [0.29, 0.717) is 6.10 Å². The molecule has 2 atom stereocenters. The summed E-state index contributed by atoms with van der Waals surface area (Å²) in [6.07, 6.45) is 15.9. The van der Waals surface area contributed by atoms with Crippen LogP contribution in [0.25, 0.3) is 0 Å². The third kappa shape index (κ3) is 6.27. The van der Waals surface area contributed by atoms with Gasteiger partial charge in [-0.25, -0.2) is 0 Å². The Hall–Kier alpha value is -0.0800. The van der Waals surface area contributed by atoms with Gasteiger partial charge in [0.05, 0.1) is 0 Å². The van der Waals surface area contributed by atoms with Gasteiger partial charge in [0.1, 0.15) is 11.8 Å². The zero-order valence-corrected chi connectivity index (χ0v) is 13.7. The average Bonchev–Trinajstić information content (AvgIpc) is 3.04. The minimum Gasteiger partial charge on any atom is -0.350 e. The van der Waals surface area contributed by atoms with Crippen LogP contribution in [0.4, 0.5) is 0 Å². The molecule has 0 saturated carbocycles. The van der Waals surface area contributed by atoms with Gasteiger partial charge in [-0.1, -0.05) is 71.1 Å². The van der Waals surface area contributed by atoms with E-state index in [1.807, 2.05) is 0 Å². The highest BCUT2D eigenvalue weighted by Crippen LogP contribution is 2.40. The Labute approximate surface area is 120 Å². The third-order valence-corrected chi connectivity index (χ3v) is 4.63. The summed E-state index contributed by atoms with van der Waals surface area (Å²) in [5.41, 5.74) is 0.0410. The molecule has 2 heteroatoms. The molecule has 1 aliphatic rings.